The number of aromatic nitrogens is 3. The first-order chi connectivity index (χ1) is 17.0. The molecule has 182 valence electrons. The molecule has 1 aliphatic rings. The second-order valence-corrected chi connectivity index (χ2v) is 7.34. The molecule has 35 heavy (non-hydrogen) atoms. The largest absolute Gasteiger partial charge is 0.504 e. The SMILES string of the molecule is CCOc1ccc(/C=N/Nc2nc(Nc3ccc([N+](=O)[O-])cc3)nc(N3CCOCC3)n2)cc1O. The van der Waals surface area contributed by atoms with E-state index in [2.05, 4.69) is 30.8 Å². The van der Waals surface area contributed by atoms with Crippen molar-refractivity contribution in [2.75, 3.05) is 48.6 Å². The molecule has 1 saturated heterocycles. The molecule has 4 rings (SSSR count). The molecular formula is C22H24N8O5. The Morgan fingerprint density at radius 2 is 1.91 bits per heavy atom. The quantitative estimate of drug-likeness (QED) is 0.235. The summed E-state index contributed by atoms with van der Waals surface area (Å²) in [5.41, 5.74) is 3.99. The van der Waals surface area contributed by atoms with E-state index in [-0.39, 0.29) is 23.3 Å². The number of nitro benzene ring substituents is 1. The van der Waals surface area contributed by atoms with Crippen LogP contribution in [0.1, 0.15) is 12.5 Å². The predicted molar refractivity (Wildman–Crippen MR) is 130 cm³/mol. The highest BCUT2D eigenvalue weighted by molar-refractivity contribution is 5.81. The van der Waals surface area contributed by atoms with E-state index in [9.17, 15) is 15.2 Å². The van der Waals surface area contributed by atoms with Crippen LogP contribution >= 0.6 is 0 Å². The molecule has 1 aliphatic heterocycles. The smallest absolute Gasteiger partial charge is 0.269 e. The van der Waals surface area contributed by atoms with Gasteiger partial charge in [0.1, 0.15) is 0 Å². The van der Waals surface area contributed by atoms with Crippen LogP contribution < -0.4 is 20.4 Å². The van der Waals surface area contributed by atoms with E-state index in [1.165, 1.54) is 24.4 Å². The molecule has 0 bridgehead atoms. The van der Waals surface area contributed by atoms with Gasteiger partial charge in [-0.3, -0.25) is 10.1 Å². The standard InChI is InChI=1S/C22H24N8O5/c1-2-35-19-8-3-15(13-18(19)31)14-23-28-21-25-20(24-16-4-6-17(7-5-16)30(32)33)26-22(27-21)29-9-11-34-12-10-29/h3-8,13-14,31H,2,9-12H2,1H3,(H2,24,25,26,27,28)/b23-14+. The van der Waals surface area contributed by atoms with Crippen LogP contribution in [-0.2, 0) is 4.74 Å². The first-order valence-electron chi connectivity index (χ1n) is 10.9. The summed E-state index contributed by atoms with van der Waals surface area (Å²) in [6.45, 7) is 4.63. The van der Waals surface area contributed by atoms with Gasteiger partial charge in [0.05, 0.1) is 31.0 Å². The van der Waals surface area contributed by atoms with Crippen LogP contribution in [0, 0.1) is 10.1 Å². The summed E-state index contributed by atoms with van der Waals surface area (Å²) in [5, 5.41) is 28.1. The minimum Gasteiger partial charge on any atom is -0.504 e. The van der Waals surface area contributed by atoms with Gasteiger partial charge in [-0.2, -0.15) is 20.1 Å². The van der Waals surface area contributed by atoms with Crippen molar-refractivity contribution in [3.05, 3.63) is 58.1 Å². The number of benzene rings is 2. The number of phenolic OH excluding ortho intramolecular Hbond substituents is 1. The number of hydrazone groups is 1. The third-order valence-corrected chi connectivity index (χ3v) is 4.91. The average molecular weight is 480 g/mol. The second-order valence-electron chi connectivity index (χ2n) is 7.34. The molecule has 0 aliphatic carbocycles. The number of anilines is 4. The lowest BCUT2D eigenvalue weighted by molar-refractivity contribution is -0.384. The average Bonchev–Trinajstić information content (AvgIpc) is 2.86. The maximum absolute atomic E-state index is 10.9. The number of nitrogens with one attached hydrogen (secondary N) is 2. The Morgan fingerprint density at radius 3 is 2.60 bits per heavy atom. The second kappa shape index (κ2) is 11.1. The van der Waals surface area contributed by atoms with E-state index in [0.717, 1.165) is 0 Å². The van der Waals surface area contributed by atoms with Crippen LogP contribution in [0.5, 0.6) is 11.5 Å². The van der Waals surface area contributed by atoms with Crippen LogP contribution in [0.2, 0.25) is 0 Å². The van der Waals surface area contributed by atoms with Crippen LogP contribution in [0.4, 0.5) is 29.2 Å². The number of nitrogens with zero attached hydrogens (tertiary/aromatic N) is 6. The van der Waals surface area contributed by atoms with Crippen LogP contribution in [-0.4, -0.2) is 64.1 Å². The zero-order valence-electron chi connectivity index (χ0n) is 18.9. The summed E-state index contributed by atoms with van der Waals surface area (Å²) in [6.07, 6.45) is 1.51. The normalized spacial score (nSPS) is 13.6. The molecule has 3 aromatic rings. The van der Waals surface area contributed by atoms with Gasteiger partial charge in [-0.15, -0.1) is 0 Å². The fraction of sp³-hybridized carbons (Fsp3) is 0.273. The number of hydrogen-bond donors (Lipinski definition) is 3. The van der Waals surface area contributed by atoms with Crippen LogP contribution in [0.15, 0.2) is 47.6 Å². The fourth-order valence-corrected chi connectivity index (χ4v) is 3.23. The molecule has 1 fully saturated rings. The Kier molecular flexibility index (Phi) is 7.47. The van der Waals surface area contributed by atoms with E-state index < -0.39 is 4.92 Å². The number of aromatic hydroxyl groups is 1. The Labute approximate surface area is 200 Å². The van der Waals surface area contributed by atoms with Gasteiger partial charge in [-0.05, 0) is 42.8 Å². The number of hydrogen-bond acceptors (Lipinski definition) is 12. The van der Waals surface area contributed by atoms with Crippen molar-refractivity contribution in [1.82, 2.24) is 15.0 Å². The molecule has 0 saturated carbocycles. The van der Waals surface area contributed by atoms with Gasteiger partial charge in [-0.25, -0.2) is 5.43 Å². The molecule has 2 aromatic carbocycles. The first-order valence-corrected chi connectivity index (χ1v) is 10.9. The minimum absolute atomic E-state index is 0.0140. The summed E-state index contributed by atoms with van der Waals surface area (Å²) < 4.78 is 10.7. The van der Waals surface area contributed by atoms with Gasteiger partial charge < -0.3 is 24.8 Å². The lowest BCUT2D eigenvalue weighted by atomic mass is 10.2. The van der Waals surface area contributed by atoms with Crippen molar-refractivity contribution in [3.8, 4) is 11.5 Å². The van der Waals surface area contributed by atoms with Gasteiger partial charge >= 0.3 is 0 Å². The molecule has 13 nitrogen and oxygen atoms in total. The molecule has 0 spiro atoms. The van der Waals surface area contributed by atoms with Crippen LogP contribution in [0.25, 0.3) is 0 Å². The summed E-state index contributed by atoms with van der Waals surface area (Å²) in [5.74, 6) is 1.28. The van der Waals surface area contributed by atoms with Crippen molar-refractivity contribution < 1.29 is 19.5 Å². The molecule has 0 unspecified atom stereocenters. The van der Waals surface area contributed by atoms with Gasteiger partial charge in [0.15, 0.2) is 11.5 Å². The maximum Gasteiger partial charge on any atom is 0.269 e. The Morgan fingerprint density at radius 1 is 1.17 bits per heavy atom. The van der Waals surface area contributed by atoms with E-state index in [1.807, 2.05) is 11.8 Å². The number of nitro groups is 1. The van der Waals surface area contributed by atoms with Crippen molar-refractivity contribution >= 4 is 35.4 Å². The summed E-state index contributed by atoms with van der Waals surface area (Å²) in [7, 11) is 0. The van der Waals surface area contributed by atoms with Crippen molar-refractivity contribution in [2.24, 2.45) is 5.10 Å². The Bertz CT molecular complexity index is 1200. The molecule has 2 heterocycles. The highest BCUT2D eigenvalue weighted by atomic mass is 16.6. The van der Waals surface area contributed by atoms with Gasteiger partial charge in [-0.1, -0.05) is 0 Å². The monoisotopic (exact) mass is 480 g/mol. The fourth-order valence-electron chi connectivity index (χ4n) is 3.23. The van der Waals surface area contributed by atoms with E-state index in [4.69, 9.17) is 9.47 Å². The molecule has 0 atom stereocenters. The zero-order chi connectivity index (χ0) is 24.6. The number of ether oxygens (including phenoxy) is 2. The number of non-ortho nitro benzene ring substituents is 1. The highest BCUT2D eigenvalue weighted by Gasteiger charge is 2.17. The van der Waals surface area contributed by atoms with E-state index in [0.29, 0.717) is 55.9 Å². The lowest BCUT2D eigenvalue weighted by Crippen LogP contribution is -2.37. The van der Waals surface area contributed by atoms with Crippen molar-refractivity contribution in [2.45, 2.75) is 6.92 Å². The number of phenols is 1. The molecule has 0 radical (unpaired) electrons. The Hall–Kier alpha value is -4.52. The number of rotatable bonds is 9. The summed E-state index contributed by atoms with van der Waals surface area (Å²) in [4.78, 5) is 25.7. The van der Waals surface area contributed by atoms with Crippen molar-refractivity contribution in [3.63, 3.8) is 0 Å². The Balaban J connectivity index is 1.53. The summed E-state index contributed by atoms with van der Waals surface area (Å²) in [6, 6.07) is 10.9. The van der Waals surface area contributed by atoms with E-state index in [1.54, 1.807) is 24.3 Å². The van der Waals surface area contributed by atoms with Crippen LogP contribution in [0.3, 0.4) is 0 Å². The summed E-state index contributed by atoms with van der Waals surface area (Å²) >= 11 is 0. The predicted octanol–water partition coefficient (Wildman–Crippen LogP) is 2.91. The highest BCUT2D eigenvalue weighted by Crippen LogP contribution is 2.26. The molecule has 3 N–H and O–H groups in total. The maximum atomic E-state index is 10.9. The third-order valence-electron chi connectivity index (χ3n) is 4.91. The van der Waals surface area contributed by atoms with E-state index >= 15 is 0 Å². The van der Waals surface area contributed by atoms with Crippen molar-refractivity contribution in [1.29, 1.82) is 0 Å². The topological polar surface area (TPSA) is 160 Å². The molecule has 1 aromatic heterocycles. The molecular weight excluding hydrogens is 456 g/mol. The lowest BCUT2D eigenvalue weighted by Gasteiger charge is -2.27. The third kappa shape index (κ3) is 6.29. The molecule has 13 heteroatoms. The molecule has 0 amide bonds. The van der Waals surface area contributed by atoms with Gasteiger partial charge in [0.25, 0.3) is 5.69 Å². The van der Waals surface area contributed by atoms with Gasteiger partial charge in [0.2, 0.25) is 17.8 Å². The zero-order valence-corrected chi connectivity index (χ0v) is 18.9. The van der Waals surface area contributed by atoms with Gasteiger partial charge in [0, 0.05) is 30.9 Å². The number of morpholine rings is 1. The first kappa shape index (κ1) is 23.6. The minimum atomic E-state index is -0.465.